The third kappa shape index (κ3) is 3.39. The van der Waals surface area contributed by atoms with E-state index >= 15 is 0 Å². The molecule has 116 valence electrons. The number of carbonyl (C=O) groups is 2. The zero-order chi connectivity index (χ0) is 16.3. The van der Waals surface area contributed by atoms with Crippen LogP contribution in [0.25, 0.3) is 6.08 Å². The smallest absolute Gasteiger partial charge is 0.326 e. The predicted octanol–water partition coefficient (Wildman–Crippen LogP) is 3.31. The Labute approximate surface area is 139 Å². The van der Waals surface area contributed by atoms with E-state index in [1.165, 1.54) is 10.5 Å². The van der Waals surface area contributed by atoms with Gasteiger partial charge in [-0.1, -0.05) is 62.1 Å². The van der Waals surface area contributed by atoms with Crippen LogP contribution in [0.5, 0.6) is 0 Å². The summed E-state index contributed by atoms with van der Waals surface area (Å²) in [5.74, 6) is -1.36. The molecule has 1 fully saturated rings. The maximum absolute atomic E-state index is 12.4. The summed E-state index contributed by atoms with van der Waals surface area (Å²) in [6, 6.07) is 7.01. The first-order valence-electron chi connectivity index (χ1n) is 7.06. The summed E-state index contributed by atoms with van der Waals surface area (Å²) < 4.78 is 0.302. The monoisotopic (exact) mass is 335 g/mol. The molecule has 1 N–H and O–H groups in total. The molecule has 6 heteroatoms. The van der Waals surface area contributed by atoms with Gasteiger partial charge in [-0.2, -0.15) is 0 Å². The number of thioether (sulfide) groups is 1. The zero-order valence-electron chi connectivity index (χ0n) is 12.4. The first-order chi connectivity index (χ1) is 10.5. The summed E-state index contributed by atoms with van der Waals surface area (Å²) in [5, 5.41) is 9.22. The van der Waals surface area contributed by atoms with Gasteiger partial charge in [-0.25, -0.2) is 4.79 Å². The normalized spacial score (nSPS) is 18.1. The minimum absolute atomic E-state index is 0.302. The van der Waals surface area contributed by atoms with Crippen molar-refractivity contribution in [1.29, 1.82) is 0 Å². The third-order valence-electron chi connectivity index (χ3n) is 3.49. The van der Waals surface area contributed by atoms with Crippen molar-refractivity contribution in [2.45, 2.75) is 32.7 Å². The number of carboxylic acids is 1. The lowest BCUT2D eigenvalue weighted by molar-refractivity contribution is -0.145. The minimum Gasteiger partial charge on any atom is -0.480 e. The van der Waals surface area contributed by atoms with Gasteiger partial charge in [0.25, 0.3) is 5.91 Å². The zero-order valence-corrected chi connectivity index (χ0v) is 14.0. The highest BCUT2D eigenvalue weighted by Crippen LogP contribution is 2.34. The number of aryl methyl sites for hydroxylation is 1. The molecule has 1 unspecified atom stereocenters. The molecule has 0 radical (unpaired) electrons. The second-order valence-corrected chi connectivity index (χ2v) is 6.58. The number of amides is 1. The fourth-order valence-corrected chi connectivity index (χ4v) is 3.57. The maximum atomic E-state index is 12.4. The molecule has 1 amide bonds. The van der Waals surface area contributed by atoms with Gasteiger partial charge < -0.3 is 5.11 Å². The van der Waals surface area contributed by atoms with Gasteiger partial charge >= 0.3 is 5.97 Å². The third-order valence-corrected chi connectivity index (χ3v) is 4.82. The number of hydrogen-bond donors (Lipinski definition) is 1. The number of benzene rings is 1. The molecular weight excluding hydrogens is 318 g/mol. The number of rotatable bonds is 5. The van der Waals surface area contributed by atoms with Crippen LogP contribution in [-0.2, 0) is 16.0 Å². The average Bonchev–Trinajstić information content (AvgIpc) is 2.76. The van der Waals surface area contributed by atoms with E-state index in [0.717, 1.165) is 23.7 Å². The van der Waals surface area contributed by atoms with Crippen LogP contribution in [-0.4, -0.2) is 32.2 Å². The molecule has 1 atom stereocenters. The summed E-state index contributed by atoms with van der Waals surface area (Å²) in [7, 11) is 0. The first kappa shape index (κ1) is 16.7. The van der Waals surface area contributed by atoms with Crippen LogP contribution >= 0.6 is 24.0 Å². The molecule has 2 rings (SSSR count). The lowest BCUT2D eigenvalue weighted by Gasteiger charge is -2.21. The van der Waals surface area contributed by atoms with Crippen molar-refractivity contribution in [2.24, 2.45) is 0 Å². The van der Waals surface area contributed by atoms with Crippen molar-refractivity contribution in [2.75, 3.05) is 0 Å². The van der Waals surface area contributed by atoms with Crippen LogP contribution in [0, 0.1) is 0 Å². The van der Waals surface area contributed by atoms with Crippen LogP contribution in [0.1, 0.15) is 31.4 Å². The molecule has 1 aromatic rings. The maximum Gasteiger partial charge on any atom is 0.326 e. The highest BCUT2D eigenvalue weighted by molar-refractivity contribution is 8.26. The van der Waals surface area contributed by atoms with E-state index in [4.69, 9.17) is 12.2 Å². The fraction of sp³-hybridized carbons (Fsp3) is 0.312. The van der Waals surface area contributed by atoms with Crippen LogP contribution < -0.4 is 0 Å². The molecule has 1 aromatic carbocycles. The number of thiocarbonyl (C=S) groups is 1. The Kier molecular flexibility index (Phi) is 5.37. The van der Waals surface area contributed by atoms with E-state index in [2.05, 4.69) is 6.92 Å². The molecule has 0 bridgehead atoms. The van der Waals surface area contributed by atoms with Crippen LogP contribution in [0.3, 0.4) is 0 Å². The van der Waals surface area contributed by atoms with Gasteiger partial charge in [0.05, 0.1) is 4.91 Å². The quantitative estimate of drug-likeness (QED) is 0.661. The summed E-state index contributed by atoms with van der Waals surface area (Å²) in [4.78, 5) is 25.4. The number of hydrogen-bond acceptors (Lipinski definition) is 4. The number of carboxylic acid groups (broad SMARTS) is 1. The van der Waals surface area contributed by atoms with E-state index in [1.807, 2.05) is 24.3 Å². The predicted molar refractivity (Wildman–Crippen MR) is 92.5 cm³/mol. The first-order valence-corrected chi connectivity index (χ1v) is 8.29. The average molecular weight is 335 g/mol. The Morgan fingerprint density at radius 2 is 2.00 bits per heavy atom. The molecule has 0 spiro atoms. The fourth-order valence-electron chi connectivity index (χ4n) is 2.22. The molecule has 1 aliphatic heterocycles. The second-order valence-electron chi connectivity index (χ2n) is 4.91. The van der Waals surface area contributed by atoms with E-state index in [1.54, 1.807) is 13.0 Å². The molecule has 1 heterocycles. The topological polar surface area (TPSA) is 57.6 Å². The Balaban J connectivity index is 2.26. The number of carbonyl (C=O) groups excluding carboxylic acids is 1. The summed E-state index contributed by atoms with van der Waals surface area (Å²) >= 11 is 6.33. The minimum atomic E-state index is -1.03. The molecule has 1 aliphatic rings. The SMILES string of the molecule is CCc1ccc(/C=C2\SC(=S)N(C(CC)C(=O)O)C2=O)cc1. The molecule has 0 aliphatic carbocycles. The summed E-state index contributed by atoms with van der Waals surface area (Å²) in [6.45, 7) is 3.81. The van der Waals surface area contributed by atoms with Crippen LogP contribution in [0.15, 0.2) is 29.2 Å². The van der Waals surface area contributed by atoms with Crippen molar-refractivity contribution in [3.63, 3.8) is 0 Å². The van der Waals surface area contributed by atoms with E-state index in [0.29, 0.717) is 15.6 Å². The Morgan fingerprint density at radius 3 is 2.50 bits per heavy atom. The van der Waals surface area contributed by atoms with Gasteiger partial charge in [-0.3, -0.25) is 9.69 Å². The summed E-state index contributed by atoms with van der Waals surface area (Å²) in [6.07, 6.45) is 3.03. The molecule has 0 saturated carbocycles. The van der Waals surface area contributed by atoms with Crippen LogP contribution in [0.2, 0.25) is 0 Å². The molecule has 0 aromatic heterocycles. The van der Waals surface area contributed by atoms with E-state index in [-0.39, 0.29) is 5.91 Å². The lowest BCUT2D eigenvalue weighted by Crippen LogP contribution is -2.43. The van der Waals surface area contributed by atoms with Gasteiger partial charge in [0.2, 0.25) is 0 Å². The van der Waals surface area contributed by atoms with Gasteiger partial charge in [0.15, 0.2) is 0 Å². The van der Waals surface area contributed by atoms with E-state index in [9.17, 15) is 14.7 Å². The van der Waals surface area contributed by atoms with Crippen molar-refractivity contribution in [3.05, 3.63) is 40.3 Å². The molecule has 22 heavy (non-hydrogen) atoms. The second kappa shape index (κ2) is 7.07. The highest BCUT2D eigenvalue weighted by Gasteiger charge is 2.39. The molecule has 4 nitrogen and oxygen atoms in total. The lowest BCUT2D eigenvalue weighted by atomic mass is 10.1. The summed E-state index contributed by atoms with van der Waals surface area (Å²) in [5.41, 5.74) is 2.13. The van der Waals surface area contributed by atoms with Gasteiger partial charge in [-0.15, -0.1) is 0 Å². The molecular formula is C16H17NO3S2. The van der Waals surface area contributed by atoms with Crippen molar-refractivity contribution >= 4 is 46.3 Å². The highest BCUT2D eigenvalue weighted by atomic mass is 32.2. The van der Waals surface area contributed by atoms with Crippen molar-refractivity contribution in [3.8, 4) is 0 Å². The largest absolute Gasteiger partial charge is 0.480 e. The van der Waals surface area contributed by atoms with Gasteiger partial charge in [0.1, 0.15) is 10.4 Å². The standard InChI is InChI=1S/C16H17NO3S2/c1-3-10-5-7-11(8-6-10)9-13-14(18)17(16(21)22-13)12(4-2)15(19)20/h5-9,12H,3-4H2,1-2H3,(H,19,20)/b13-9-. The molecule has 1 saturated heterocycles. The van der Waals surface area contributed by atoms with Crippen LogP contribution in [0.4, 0.5) is 0 Å². The Bertz CT molecular complexity index is 637. The van der Waals surface area contributed by atoms with Crippen molar-refractivity contribution in [1.82, 2.24) is 4.90 Å². The van der Waals surface area contributed by atoms with E-state index < -0.39 is 12.0 Å². The number of nitrogens with zero attached hydrogens (tertiary/aromatic N) is 1. The van der Waals surface area contributed by atoms with Gasteiger partial charge in [0, 0.05) is 0 Å². The van der Waals surface area contributed by atoms with Gasteiger partial charge in [-0.05, 0) is 30.0 Å². The Hall–Kier alpha value is -1.66. The van der Waals surface area contributed by atoms with Crippen molar-refractivity contribution < 1.29 is 14.7 Å². The Morgan fingerprint density at radius 1 is 1.36 bits per heavy atom. The number of aliphatic carboxylic acids is 1.